The highest BCUT2D eigenvalue weighted by Gasteiger charge is 2.04. The number of nitrogens with zero attached hydrogens (tertiary/aromatic N) is 3. The molecule has 2 aromatic rings. The van der Waals surface area contributed by atoms with E-state index >= 15 is 0 Å². The van der Waals surface area contributed by atoms with Gasteiger partial charge in [0.1, 0.15) is 0 Å². The van der Waals surface area contributed by atoms with Crippen LogP contribution < -0.4 is 5.73 Å². The standard InChI is InChI=1S/C11H12N4/c12-7-10(13)5-6-15-11-4-2-1-3-9(11)8-14-15/h1-4,8,10H,5-6,13H2. The van der Waals surface area contributed by atoms with E-state index in [9.17, 15) is 0 Å². The van der Waals surface area contributed by atoms with Crippen LogP contribution in [0.15, 0.2) is 30.5 Å². The van der Waals surface area contributed by atoms with E-state index < -0.39 is 6.04 Å². The van der Waals surface area contributed by atoms with Crippen LogP contribution in [0.5, 0.6) is 0 Å². The van der Waals surface area contributed by atoms with Gasteiger partial charge in [-0.25, -0.2) is 0 Å². The quantitative estimate of drug-likeness (QED) is 0.811. The van der Waals surface area contributed by atoms with E-state index in [1.165, 1.54) is 0 Å². The third-order valence-electron chi connectivity index (χ3n) is 2.37. The molecule has 0 aliphatic rings. The molecule has 0 bridgehead atoms. The Morgan fingerprint density at radius 2 is 2.27 bits per heavy atom. The smallest absolute Gasteiger partial charge is 0.0945 e. The minimum atomic E-state index is -0.409. The summed E-state index contributed by atoms with van der Waals surface area (Å²) in [5.41, 5.74) is 6.62. The number of nitriles is 1. The summed E-state index contributed by atoms with van der Waals surface area (Å²) in [4.78, 5) is 0. The molecule has 0 fully saturated rings. The van der Waals surface area contributed by atoms with Crippen LogP contribution in [0.2, 0.25) is 0 Å². The summed E-state index contributed by atoms with van der Waals surface area (Å²) in [7, 11) is 0. The molecule has 4 heteroatoms. The lowest BCUT2D eigenvalue weighted by Crippen LogP contribution is -2.19. The Balaban J connectivity index is 2.19. The molecular formula is C11H12N4. The van der Waals surface area contributed by atoms with Crippen LogP contribution in [-0.2, 0) is 6.54 Å². The summed E-state index contributed by atoms with van der Waals surface area (Å²) in [6.07, 6.45) is 2.45. The van der Waals surface area contributed by atoms with Crippen LogP contribution in [0.4, 0.5) is 0 Å². The Morgan fingerprint density at radius 3 is 3.07 bits per heavy atom. The Morgan fingerprint density at radius 1 is 1.47 bits per heavy atom. The molecule has 0 saturated carbocycles. The molecule has 0 amide bonds. The summed E-state index contributed by atoms with van der Waals surface area (Å²) in [5, 5.41) is 13.9. The van der Waals surface area contributed by atoms with Gasteiger partial charge in [-0.15, -0.1) is 0 Å². The average Bonchev–Trinajstić information content (AvgIpc) is 2.69. The molecule has 1 heterocycles. The minimum Gasteiger partial charge on any atom is -0.316 e. The highest BCUT2D eigenvalue weighted by Crippen LogP contribution is 2.12. The number of hydrogen-bond donors (Lipinski definition) is 1. The predicted octanol–water partition coefficient (Wildman–Crippen LogP) is 1.28. The maximum Gasteiger partial charge on any atom is 0.0945 e. The van der Waals surface area contributed by atoms with Crippen molar-refractivity contribution in [1.29, 1.82) is 5.26 Å². The highest BCUT2D eigenvalue weighted by molar-refractivity contribution is 5.78. The Labute approximate surface area is 87.9 Å². The summed E-state index contributed by atoms with van der Waals surface area (Å²) in [5.74, 6) is 0. The number of fused-ring (bicyclic) bond motifs is 1. The molecule has 0 spiro atoms. The highest BCUT2D eigenvalue weighted by atomic mass is 15.3. The second-order valence-corrected chi connectivity index (χ2v) is 3.45. The summed E-state index contributed by atoms with van der Waals surface area (Å²) < 4.78 is 1.88. The van der Waals surface area contributed by atoms with Gasteiger partial charge in [0.25, 0.3) is 0 Å². The molecule has 0 saturated heterocycles. The molecule has 0 radical (unpaired) electrons. The molecular weight excluding hydrogens is 188 g/mol. The van der Waals surface area contributed by atoms with Crippen molar-refractivity contribution >= 4 is 10.9 Å². The fourth-order valence-electron chi connectivity index (χ4n) is 1.53. The van der Waals surface area contributed by atoms with Crippen molar-refractivity contribution < 1.29 is 0 Å². The van der Waals surface area contributed by atoms with Gasteiger partial charge in [-0.2, -0.15) is 10.4 Å². The van der Waals surface area contributed by atoms with Crippen LogP contribution in [0.3, 0.4) is 0 Å². The summed E-state index contributed by atoms with van der Waals surface area (Å²) >= 11 is 0. The van der Waals surface area contributed by atoms with E-state index in [0.717, 1.165) is 10.9 Å². The largest absolute Gasteiger partial charge is 0.316 e. The normalized spacial score (nSPS) is 12.5. The Hall–Kier alpha value is -1.86. The van der Waals surface area contributed by atoms with Crippen molar-refractivity contribution in [3.05, 3.63) is 30.5 Å². The lowest BCUT2D eigenvalue weighted by atomic mass is 10.2. The fourth-order valence-corrected chi connectivity index (χ4v) is 1.53. The zero-order valence-electron chi connectivity index (χ0n) is 8.30. The van der Waals surface area contributed by atoms with Gasteiger partial charge in [-0.1, -0.05) is 18.2 Å². The van der Waals surface area contributed by atoms with Gasteiger partial charge in [0.15, 0.2) is 0 Å². The van der Waals surface area contributed by atoms with Crippen molar-refractivity contribution in [1.82, 2.24) is 9.78 Å². The molecule has 15 heavy (non-hydrogen) atoms. The van der Waals surface area contributed by atoms with E-state index in [-0.39, 0.29) is 0 Å². The lowest BCUT2D eigenvalue weighted by molar-refractivity contribution is 0.569. The van der Waals surface area contributed by atoms with E-state index in [1.54, 1.807) is 0 Å². The zero-order valence-corrected chi connectivity index (χ0v) is 8.30. The van der Waals surface area contributed by atoms with Gasteiger partial charge < -0.3 is 5.73 Å². The van der Waals surface area contributed by atoms with E-state index in [2.05, 4.69) is 5.10 Å². The number of aryl methyl sites for hydroxylation is 1. The summed E-state index contributed by atoms with van der Waals surface area (Å²) in [6.45, 7) is 0.683. The number of nitrogens with two attached hydrogens (primary N) is 1. The van der Waals surface area contributed by atoms with Crippen molar-refractivity contribution in [3.8, 4) is 6.07 Å². The van der Waals surface area contributed by atoms with Gasteiger partial charge in [0.2, 0.25) is 0 Å². The zero-order chi connectivity index (χ0) is 10.7. The van der Waals surface area contributed by atoms with Gasteiger partial charge in [-0.05, 0) is 12.5 Å². The number of rotatable bonds is 3. The SMILES string of the molecule is N#CC(N)CCn1ncc2ccccc21. The third-order valence-corrected chi connectivity index (χ3v) is 2.37. The number of hydrogen-bond acceptors (Lipinski definition) is 3. The molecule has 0 aliphatic carbocycles. The van der Waals surface area contributed by atoms with Crippen molar-refractivity contribution in [3.63, 3.8) is 0 Å². The van der Waals surface area contributed by atoms with Crippen LogP contribution in [0.1, 0.15) is 6.42 Å². The maximum absolute atomic E-state index is 8.57. The Kier molecular flexibility index (Phi) is 2.66. The first-order valence-electron chi connectivity index (χ1n) is 4.87. The fraction of sp³-hybridized carbons (Fsp3) is 0.273. The van der Waals surface area contributed by atoms with Crippen LogP contribution in [-0.4, -0.2) is 15.8 Å². The van der Waals surface area contributed by atoms with Crippen LogP contribution >= 0.6 is 0 Å². The van der Waals surface area contributed by atoms with Crippen LogP contribution in [0, 0.1) is 11.3 Å². The number of para-hydroxylation sites is 1. The van der Waals surface area contributed by atoms with E-state index in [1.807, 2.05) is 41.2 Å². The van der Waals surface area contributed by atoms with Gasteiger partial charge >= 0.3 is 0 Å². The Bertz CT molecular complexity index is 495. The monoisotopic (exact) mass is 200 g/mol. The predicted molar refractivity (Wildman–Crippen MR) is 57.9 cm³/mol. The van der Waals surface area contributed by atoms with E-state index in [4.69, 9.17) is 11.0 Å². The first-order valence-corrected chi connectivity index (χ1v) is 4.87. The molecule has 1 aromatic carbocycles. The molecule has 2 rings (SSSR count). The second-order valence-electron chi connectivity index (χ2n) is 3.45. The lowest BCUT2D eigenvalue weighted by Gasteiger charge is -2.04. The minimum absolute atomic E-state index is 0.409. The van der Waals surface area contributed by atoms with Crippen molar-refractivity contribution in [2.24, 2.45) is 5.73 Å². The topological polar surface area (TPSA) is 67.6 Å². The molecule has 4 nitrogen and oxygen atoms in total. The molecule has 76 valence electrons. The maximum atomic E-state index is 8.57. The number of benzene rings is 1. The second kappa shape index (κ2) is 4.11. The van der Waals surface area contributed by atoms with Gasteiger partial charge in [0, 0.05) is 11.9 Å². The van der Waals surface area contributed by atoms with Crippen molar-refractivity contribution in [2.45, 2.75) is 19.0 Å². The number of aromatic nitrogens is 2. The molecule has 0 aliphatic heterocycles. The summed E-state index contributed by atoms with van der Waals surface area (Å²) in [6, 6.07) is 9.59. The van der Waals surface area contributed by atoms with Gasteiger partial charge in [-0.3, -0.25) is 4.68 Å². The average molecular weight is 200 g/mol. The first-order chi connectivity index (χ1) is 7.31. The molecule has 1 atom stereocenters. The molecule has 2 N–H and O–H groups in total. The van der Waals surface area contributed by atoms with E-state index in [0.29, 0.717) is 13.0 Å². The van der Waals surface area contributed by atoms with Crippen LogP contribution in [0.25, 0.3) is 10.9 Å². The van der Waals surface area contributed by atoms with Gasteiger partial charge in [0.05, 0.1) is 23.8 Å². The third kappa shape index (κ3) is 1.97. The first kappa shape index (κ1) is 9.69. The molecule has 1 unspecified atom stereocenters. The van der Waals surface area contributed by atoms with Crippen molar-refractivity contribution in [2.75, 3.05) is 0 Å². The molecule has 1 aromatic heterocycles.